The molecule has 0 saturated carbocycles. The Balaban J connectivity index is 1.51. The zero-order valence-electron chi connectivity index (χ0n) is 16.3. The maximum atomic E-state index is 13.7. The highest BCUT2D eigenvalue weighted by molar-refractivity contribution is 5.89. The second kappa shape index (κ2) is 8.32. The van der Waals surface area contributed by atoms with Crippen molar-refractivity contribution in [3.8, 4) is 11.4 Å². The number of amides is 2. The lowest BCUT2D eigenvalue weighted by molar-refractivity contribution is 0.251. The molecule has 2 amide bonds. The molecule has 0 aliphatic rings. The van der Waals surface area contributed by atoms with Crippen LogP contribution in [0, 0.1) is 18.6 Å². The van der Waals surface area contributed by atoms with E-state index in [1.54, 1.807) is 0 Å². The highest BCUT2D eigenvalue weighted by Crippen LogP contribution is 2.25. The van der Waals surface area contributed by atoms with E-state index in [4.69, 9.17) is 4.98 Å². The Hall–Kier alpha value is -3.74. The normalized spacial score (nSPS) is 10.9. The minimum absolute atomic E-state index is 0.207. The number of nitrogens with one attached hydrogen (secondary N) is 2. The molecule has 1 heterocycles. The van der Waals surface area contributed by atoms with Crippen molar-refractivity contribution in [3.05, 3.63) is 83.9 Å². The Labute approximate surface area is 172 Å². The van der Waals surface area contributed by atoms with Crippen LogP contribution in [-0.4, -0.2) is 22.1 Å². The predicted octanol–water partition coefficient (Wildman–Crippen LogP) is 5.11. The van der Waals surface area contributed by atoms with Crippen LogP contribution in [0.3, 0.4) is 0 Å². The van der Waals surface area contributed by atoms with Gasteiger partial charge in [-0.3, -0.25) is 0 Å². The number of benzene rings is 3. The number of anilines is 1. The molecule has 0 radical (unpaired) electrons. The summed E-state index contributed by atoms with van der Waals surface area (Å²) >= 11 is 0. The van der Waals surface area contributed by atoms with Crippen molar-refractivity contribution in [3.63, 3.8) is 0 Å². The number of hydrogen-bond donors (Lipinski definition) is 2. The second-order valence-electron chi connectivity index (χ2n) is 6.95. The number of fused-ring (bicyclic) bond motifs is 1. The quantitative estimate of drug-likeness (QED) is 0.484. The number of para-hydroxylation sites is 2. The van der Waals surface area contributed by atoms with Gasteiger partial charge < -0.3 is 15.2 Å². The number of urea groups is 1. The van der Waals surface area contributed by atoms with E-state index >= 15 is 0 Å². The number of halogens is 2. The molecule has 5 nitrogen and oxygen atoms in total. The van der Waals surface area contributed by atoms with Gasteiger partial charge in [-0.25, -0.2) is 18.6 Å². The monoisotopic (exact) mass is 406 g/mol. The van der Waals surface area contributed by atoms with E-state index < -0.39 is 17.7 Å². The fourth-order valence-corrected chi connectivity index (χ4v) is 3.27. The predicted molar refractivity (Wildman–Crippen MR) is 113 cm³/mol. The van der Waals surface area contributed by atoms with E-state index in [1.807, 2.05) is 60.0 Å². The lowest BCUT2D eigenvalue weighted by Gasteiger charge is -2.12. The van der Waals surface area contributed by atoms with E-state index in [2.05, 4.69) is 10.6 Å². The summed E-state index contributed by atoms with van der Waals surface area (Å²) in [5, 5.41) is 5.01. The first-order valence-electron chi connectivity index (χ1n) is 9.53. The van der Waals surface area contributed by atoms with Crippen molar-refractivity contribution >= 4 is 22.8 Å². The molecule has 2 N–H and O–H groups in total. The van der Waals surface area contributed by atoms with Crippen LogP contribution in [0.2, 0.25) is 0 Å². The molecule has 0 aliphatic carbocycles. The summed E-state index contributed by atoms with van der Waals surface area (Å²) in [6, 6.07) is 18.2. The maximum absolute atomic E-state index is 13.7. The maximum Gasteiger partial charge on any atom is 0.319 e. The van der Waals surface area contributed by atoms with Gasteiger partial charge in [0.05, 0.1) is 16.7 Å². The zero-order valence-corrected chi connectivity index (χ0v) is 16.3. The number of imidazole rings is 1. The molecule has 0 bridgehead atoms. The number of aromatic nitrogens is 2. The van der Waals surface area contributed by atoms with Crippen molar-refractivity contribution < 1.29 is 13.6 Å². The first-order valence-corrected chi connectivity index (χ1v) is 9.53. The molecule has 0 unspecified atom stereocenters. The number of carbonyl (C=O) groups is 1. The van der Waals surface area contributed by atoms with Crippen molar-refractivity contribution in [2.75, 3.05) is 11.9 Å². The molecule has 0 spiro atoms. The molecule has 3 aromatic carbocycles. The van der Waals surface area contributed by atoms with E-state index in [9.17, 15) is 13.6 Å². The van der Waals surface area contributed by atoms with Crippen LogP contribution < -0.4 is 10.6 Å². The molecule has 0 fully saturated rings. The van der Waals surface area contributed by atoms with Crippen molar-refractivity contribution in [1.29, 1.82) is 0 Å². The Morgan fingerprint density at radius 3 is 2.60 bits per heavy atom. The molecule has 0 aliphatic heterocycles. The smallest absolute Gasteiger partial charge is 0.319 e. The average Bonchev–Trinajstić information content (AvgIpc) is 3.10. The molecular formula is C23H20F2N4O. The van der Waals surface area contributed by atoms with Crippen molar-refractivity contribution in [1.82, 2.24) is 14.9 Å². The second-order valence-corrected chi connectivity index (χ2v) is 6.95. The summed E-state index contributed by atoms with van der Waals surface area (Å²) in [4.78, 5) is 16.9. The minimum atomic E-state index is -0.700. The number of carbonyl (C=O) groups excluding carboxylic acids is 1. The summed E-state index contributed by atoms with van der Waals surface area (Å²) < 4.78 is 29.0. The van der Waals surface area contributed by atoms with Gasteiger partial charge >= 0.3 is 6.03 Å². The van der Waals surface area contributed by atoms with E-state index in [0.29, 0.717) is 6.54 Å². The SMILES string of the molecule is Cc1ccc(-c2nc3ccccc3n2CCNC(=O)Nc2cc(F)ccc2F)cc1. The molecule has 4 aromatic rings. The summed E-state index contributed by atoms with van der Waals surface area (Å²) in [7, 11) is 0. The summed E-state index contributed by atoms with van der Waals surface area (Å²) in [5.74, 6) is -0.525. The minimum Gasteiger partial charge on any atom is -0.336 e. The number of rotatable bonds is 5. The molecule has 4 rings (SSSR count). The largest absolute Gasteiger partial charge is 0.336 e. The van der Waals surface area contributed by atoms with Crippen molar-refractivity contribution in [2.24, 2.45) is 0 Å². The van der Waals surface area contributed by atoms with Crippen LogP contribution in [0.4, 0.5) is 19.3 Å². The molecule has 30 heavy (non-hydrogen) atoms. The Kier molecular flexibility index (Phi) is 5.43. The standard InChI is InChI=1S/C23H20F2N4O/c1-15-6-8-16(9-7-15)22-27-19-4-2-3-5-21(19)29(22)13-12-26-23(30)28-20-14-17(24)10-11-18(20)25/h2-11,14H,12-13H2,1H3,(H2,26,28,30). The average molecular weight is 406 g/mol. The van der Waals surface area contributed by atoms with Gasteiger partial charge in [0, 0.05) is 24.7 Å². The molecular weight excluding hydrogens is 386 g/mol. The summed E-state index contributed by atoms with van der Waals surface area (Å²) in [6.07, 6.45) is 0. The van der Waals surface area contributed by atoms with Crippen LogP contribution in [-0.2, 0) is 6.54 Å². The fraction of sp³-hybridized carbons (Fsp3) is 0.130. The highest BCUT2D eigenvalue weighted by atomic mass is 19.1. The Morgan fingerprint density at radius 1 is 1.03 bits per heavy atom. The number of hydrogen-bond acceptors (Lipinski definition) is 2. The molecule has 7 heteroatoms. The zero-order chi connectivity index (χ0) is 21.1. The van der Waals surface area contributed by atoms with Crippen LogP contribution in [0.25, 0.3) is 22.4 Å². The highest BCUT2D eigenvalue weighted by Gasteiger charge is 2.13. The van der Waals surface area contributed by atoms with Gasteiger partial charge in [-0.2, -0.15) is 0 Å². The molecule has 0 saturated heterocycles. The Morgan fingerprint density at radius 2 is 1.80 bits per heavy atom. The molecule has 152 valence electrons. The van der Waals surface area contributed by atoms with Gasteiger partial charge in [-0.15, -0.1) is 0 Å². The number of aryl methyl sites for hydroxylation is 1. The van der Waals surface area contributed by atoms with Gasteiger partial charge in [0.25, 0.3) is 0 Å². The third-order valence-corrected chi connectivity index (χ3v) is 4.76. The molecule has 1 aromatic heterocycles. The van der Waals surface area contributed by atoms with Gasteiger partial charge in [0.2, 0.25) is 0 Å². The van der Waals surface area contributed by atoms with E-state index in [0.717, 1.165) is 46.2 Å². The van der Waals surface area contributed by atoms with Crippen LogP contribution in [0.1, 0.15) is 5.56 Å². The lowest BCUT2D eigenvalue weighted by Crippen LogP contribution is -2.32. The summed E-state index contributed by atoms with van der Waals surface area (Å²) in [5.41, 5.74) is 3.74. The lowest BCUT2D eigenvalue weighted by atomic mass is 10.1. The topological polar surface area (TPSA) is 59.0 Å². The van der Waals surface area contributed by atoms with Gasteiger partial charge in [-0.1, -0.05) is 42.0 Å². The van der Waals surface area contributed by atoms with Gasteiger partial charge in [0.15, 0.2) is 0 Å². The van der Waals surface area contributed by atoms with Crippen LogP contribution in [0.5, 0.6) is 0 Å². The first-order chi connectivity index (χ1) is 14.5. The van der Waals surface area contributed by atoms with Gasteiger partial charge in [-0.05, 0) is 31.2 Å². The molecule has 0 atom stereocenters. The first kappa shape index (κ1) is 19.6. The van der Waals surface area contributed by atoms with E-state index in [-0.39, 0.29) is 12.2 Å². The van der Waals surface area contributed by atoms with Crippen LogP contribution in [0.15, 0.2) is 66.7 Å². The van der Waals surface area contributed by atoms with E-state index in [1.165, 1.54) is 0 Å². The third kappa shape index (κ3) is 4.15. The fourth-order valence-electron chi connectivity index (χ4n) is 3.27. The van der Waals surface area contributed by atoms with Gasteiger partial charge in [0.1, 0.15) is 17.5 Å². The van der Waals surface area contributed by atoms with Crippen LogP contribution >= 0.6 is 0 Å². The third-order valence-electron chi connectivity index (χ3n) is 4.76. The number of nitrogens with zero attached hydrogens (tertiary/aromatic N) is 2. The Bertz CT molecular complexity index is 1200. The summed E-state index contributed by atoms with van der Waals surface area (Å²) in [6.45, 7) is 2.77. The van der Waals surface area contributed by atoms with Crippen molar-refractivity contribution in [2.45, 2.75) is 13.5 Å².